The van der Waals surface area contributed by atoms with Crippen LogP contribution < -0.4 is 5.32 Å². The second-order valence-electron chi connectivity index (χ2n) is 10.5. The van der Waals surface area contributed by atoms with Crippen molar-refractivity contribution in [3.63, 3.8) is 0 Å². The summed E-state index contributed by atoms with van der Waals surface area (Å²) in [5, 5.41) is 16.2. The number of hydrogen-bond donors (Lipinski definition) is 4. The molecule has 1 amide bonds. The number of H-pyrrole nitrogens is 2. The molecule has 0 aliphatic carbocycles. The van der Waals surface area contributed by atoms with Gasteiger partial charge in [-0.25, -0.2) is 4.79 Å². The van der Waals surface area contributed by atoms with Gasteiger partial charge < -0.3 is 20.4 Å². The standard InChI is InChI=1S/C21H15Cl2N3OS.C15H9Cl2NO2S.2CH4/c22-13-4-6-16(7-5-13)28-20-10-14(23)9-18-17(20)11-19(26-18)21(27)25-12-15-3-1-2-8-24-15;16-8-1-3-10(4-2-8)21-14-6-9(17)5-12-11(14)7-13(18-12)15(19)20;;/h1-11,26H,12H2,(H,25,27);1-7,18H,(H,19,20);2*1H4. The highest BCUT2D eigenvalue weighted by Crippen LogP contribution is 2.38. The lowest BCUT2D eigenvalue weighted by molar-refractivity contribution is 0.0691. The third kappa shape index (κ3) is 10.3. The molecule has 4 N–H and O–H groups in total. The third-order valence-corrected chi connectivity index (χ3v) is 10.1. The summed E-state index contributed by atoms with van der Waals surface area (Å²) in [4.78, 5) is 37.7. The summed E-state index contributed by atoms with van der Waals surface area (Å²) >= 11 is 27.3. The lowest BCUT2D eigenvalue weighted by atomic mass is 10.2. The molecule has 0 spiro atoms. The number of amides is 1. The third-order valence-electron chi connectivity index (χ3n) is 7.04. The van der Waals surface area contributed by atoms with Crippen LogP contribution in [-0.2, 0) is 6.54 Å². The van der Waals surface area contributed by atoms with Gasteiger partial charge in [-0.2, -0.15) is 0 Å². The van der Waals surface area contributed by atoms with Crippen LogP contribution >= 0.6 is 69.9 Å². The lowest BCUT2D eigenvalue weighted by Gasteiger charge is -2.04. The summed E-state index contributed by atoms with van der Waals surface area (Å²) in [7, 11) is 0. The number of aromatic amines is 2. The van der Waals surface area contributed by atoms with Gasteiger partial charge in [-0.3, -0.25) is 9.78 Å². The molecule has 3 heterocycles. The van der Waals surface area contributed by atoms with Crippen LogP contribution in [-0.4, -0.2) is 31.9 Å². The fourth-order valence-electron chi connectivity index (χ4n) is 4.78. The first-order valence-electron chi connectivity index (χ1n) is 14.5. The lowest BCUT2D eigenvalue weighted by Crippen LogP contribution is -2.23. The molecule has 0 radical (unpaired) electrons. The number of benzene rings is 4. The Labute approximate surface area is 324 Å². The minimum atomic E-state index is -0.996. The summed E-state index contributed by atoms with van der Waals surface area (Å²) in [6.07, 6.45) is 1.70. The van der Waals surface area contributed by atoms with Crippen LogP contribution in [0.3, 0.4) is 0 Å². The van der Waals surface area contributed by atoms with Crippen LogP contribution in [0.2, 0.25) is 20.1 Å². The van der Waals surface area contributed by atoms with E-state index in [4.69, 9.17) is 51.5 Å². The molecular formula is C38H32Cl4N4O3S2. The first-order valence-corrected chi connectivity index (χ1v) is 17.7. The predicted octanol–water partition coefficient (Wildman–Crippen LogP) is 12.5. The summed E-state index contributed by atoms with van der Waals surface area (Å²) in [5.74, 6) is -1.19. The number of carbonyl (C=O) groups is 2. The van der Waals surface area contributed by atoms with E-state index in [0.717, 1.165) is 41.6 Å². The average Bonchev–Trinajstić information content (AvgIpc) is 3.72. The predicted molar refractivity (Wildman–Crippen MR) is 214 cm³/mol. The van der Waals surface area contributed by atoms with E-state index < -0.39 is 5.97 Å². The fourth-order valence-corrected chi connectivity index (χ4v) is 7.58. The average molecular weight is 799 g/mol. The quantitative estimate of drug-likeness (QED) is 0.122. The number of pyridine rings is 1. The molecule has 0 aliphatic heterocycles. The van der Waals surface area contributed by atoms with E-state index in [-0.39, 0.29) is 26.5 Å². The van der Waals surface area contributed by atoms with Crippen molar-refractivity contribution in [1.29, 1.82) is 0 Å². The molecular weight excluding hydrogens is 766 g/mol. The molecule has 3 aromatic heterocycles. The highest BCUT2D eigenvalue weighted by Gasteiger charge is 2.15. The van der Waals surface area contributed by atoms with Gasteiger partial charge in [0.1, 0.15) is 11.4 Å². The number of nitrogens with one attached hydrogen (secondary N) is 3. The van der Waals surface area contributed by atoms with Crippen molar-refractivity contribution in [3.8, 4) is 0 Å². The molecule has 0 bridgehead atoms. The molecule has 0 saturated heterocycles. The molecule has 0 aliphatic rings. The second-order valence-corrected chi connectivity index (χ2v) is 14.5. The Balaban J connectivity index is 0.000000228. The van der Waals surface area contributed by atoms with Crippen LogP contribution in [0.15, 0.2) is 129 Å². The molecule has 7 aromatic rings. The number of carboxylic acids is 1. The number of hydrogen-bond acceptors (Lipinski definition) is 5. The number of fused-ring (bicyclic) bond motifs is 2. The second kappa shape index (κ2) is 17.9. The van der Waals surface area contributed by atoms with Crippen molar-refractivity contribution in [3.05, 3.63) is 146 Å². The molecule has 51 heavy (non-hydrogen) atoms. The Kier molecular flexibility index (Phi) is 13.9. The molecule has 262 valence electrons. The van der Waals surface area contributed by atoms with Crippen molar-refractivity contribution >= 4 is 104 Å². The maximum absolute atomic E-state index is 12.6. The van der Waals surface area contributed by atoms with Crippen LogP contribution in [0.4, 0.5) is 0 Å². The van der Waals surface area contributed by atoms with Crippen LogP contribution in [0, 0.1) is 0 Å². The Bertz CT molecular complexity index is 2280. The largest absolute Gasteiger partial charge is 0.477 e. The normalized spacial score (nSPS) is 10.5. The van der Waals surface area contributed by atoms with Crippen LogP contribution in [0.25, 0.3) is 21.8 Å². The van der Waals surface area contributed by atoms with E-state index in [1.807, 2.05) is 91.0 Å². The van der Waals surface area contributed by atoms with E-state index in [0.29, 0.717) is 37.8 Å². The van der Waals surface area contributed by atoms with Crippen molar-refractivity contribution in [2.24, 2.45) is 0 Å². The van der Waals surface area contributed by atoms with Gasteiger partial charge in [-0.15, -0.1) is 0 Å². The summed E-state index contributed by atoms with van der Waals surface area (Å²) in [6.45, 7) is 0.363. The van der Waals surface area contributed by atoms with Crippen molar-refractivity contribution in [2.45, 2.75) is 41.0 Å². The SMILES string of the molecule is C.C.O=C(NCc1ccccn1)c1cc2c(Sc3ccc(Cl)cc3)cc(Cl)cc2[nH]1.O=C(O)c1cc2c(Sc3ccc(Cl)cc3)cc(Cl)cc2[nH]1. The number of carbonyl (C=O) groups excluding carboxylic acids is 1. The maximum atomic E-state index is 12.6. The number of aromatic nitrogens is 3. The number of carboxylic acid groups (broad SMARTS) is 1. The molecule has 4 aromatic carbocycles. The van der Waals surface area contributed by atoms with E-state index in [1.165, 1.54) is 11.8 Å². The number of aromatic carboxylic acids is 1. The number of nitrogens with zero attached hydrogens (tertiary/aromatic N) is 1. The Morgan fingerprint density at radius 3 is 1.61 bits per heavy atom. The number of rotatable bonds is 8. The topological polar surface area (TPSA) is 111 Å². The molecule has 7 nitrogen and oxygen atoms in total. The molecule has 0 saturated carbocycles. The zero-order chi connectivity index (χ0) is 34.5. The van der Waals surface area contributed by atoms with Gasteiger partial charge >= 0.3 is 5.97 Å². The Hall–Kier alpha value is -4.09. The molecule has 13 heteroatoms. The van der Waals surface area contributed by atoms with E-state index >= 15 is 0 Å². The first-order chi connectivity index (χ1) is 23.6. The smallest absolute Gasteiger partial charge is 0.352 e. The van der Waals surface area contributed by atoms with E-state index in [2.05, 4.69) is 20.3 Å². The number of halogens is 4. The van der Waals surface area contributed by atoms with Gasteiger partial charge in [0.25, 0.3) is 5.91 Å². The van der Waals surface area contributed by atoms with Crippen molar-refractivity contribution < 1.29 is 14.7 Å². The van der Waals surface area contributed by atoms with Crippen molar-refractivity contribution in [2.75, 3.05) is 0 Å². The highest BCUT2D eigenvalue weighted by molar-refractivity contribution is 7.99. The minimum absolute atomic E-state index is 0. The van der Waals surface area contributed by atoms with Gasteiger partial charge in [0.2, 0.25) is 0 Å². The first kappa shape index (κ1) is 39.7. The van der Waals surface area contributed by atoms with E-state index in [1.54, 1.807) is 30.1 Å². The van der Waals surface area contributed by atoms with E-state index in [9.17, 15) is 9.59 Å². The molecule has 7 rings (SSSR count). The zero-order valence-corrected chi connectivity index (χ0v) is 29.8. The maximum Gasteiger partial charge on any atom is 0.352 e. The van der Waals surface area contributed by atoms with Gasteiger partial charge in [0.15, 0.2) is 0 Å². The van der Waals surface area contributed by atoms with Gasteiger partial charge in [-0.1, -0.05) is 90.8 Å². The van der Waals surface area contributed by atoms with Crippen molar-refractivity contribution in [1.82, 2.24) is 20.3 Å². The van der Waals surface area contributed by atoms with Crippen LogP contribution in [0.5, 0.6) is 0 Å². The Morgan fingerprint density at radius 1 is 0.647 bits per heavy atom. The Morgan fingerprint density at radius 2 is 1.14 bits per heavy atom. The monoisotopic (exact) mass is 796 g/mol. The summed E-state index contributed by atoms with van der Waals surface area (Å²) in [6, 6.07) is 31.3. The summed E-state index contributed by atoms with van der Waals surface area (Å²) in [5.41, 5.74) is 2.94. The molecule has 0 unspecified atom stereocenters. The van der Waals surface area contributed by atoms with Crippen LogP contribution in [0.1, 0.15) is 41.5 Å². The van der Waals surface area contributed by atoms with Gasteiger partial charge in [-0.05, 0) is 97.1 Å². The van der Waals surface area contributed by atoms with Gasteiger partial charge in [0.05, 0.1) is 12.2 Å². The molecule has 0 fully saturated rings. The zero-order valence-electron chi connectivity index (χ0n) is 25.1. The minimum Gasteiger partial charge on any atom is -0.477 e. The fraction of sp³-hybridized carbons (Fsp3) is 0.0789. The molecule has 0 atom stereocenters. The van der Waals surface area contributed by atoms with Gasteiger partial charge in [0, 0.05) is 67.7 Å². The summed E-state index contributed by atoms with van der Waals surface area (Å²) < 4.78 is 0. The highest BCUT2D eigenvalue weighted by atomic mass is 35.5.